The van der Waals surface area contributed by atoms with Gasteiger partial charge in [-0.05, 0) is 48.9 Å². The molecule has 7 heteroatoms. The molecular formula is C21H20N2O4S. The lowest BCUT2D eigenvalue weighted by molar-refractivity contribution is 0.0780. The first-order valence-corrected chi connectivity index (χ1v) is 9.84. The van der Waals surface area contributed by atoms with Crippen molar-refractivity contribution in [2.45, 2.75) is 13.5 Å². The van der Waals surface area contributed by atoms with E-state index in [1.807, 2.05) is 49.4 Å². The number of nitrogens with zero attached hydrogens (tertiary/aromatic N) is 2. The first kappa shape index (κ1) is 18.3. The summed E-state index contributed by atoms with van der Waals surface area (Å²) in [6.07, 6.45) is 0. The number of thiazole rings is 1. The molecule has 0 spiro atoms. The number of carbonyl (C=O) groups excluding carboxylic acids is 1. The zero-order chi connectivity index (χ0) is 19.5. The summed E-state index contributed by atoms with van der Waals surface area (Å²) in [6, 6.07) is 13.4. The summed E-state index contributed by atoms with van der Waals surface area (Å²) in [7, 11) is 1.77. The molecule has 2 heterocycles. The highest BCUT2D eigenvalue weighted by Crippen LogP contribution is 2.33. The number of rotatable bonds is 6. The van der Waals surface area contributed by atoms with Crippen LogP contribution in [0.4, 0.5) is 0 Å². The van der Waals surface area contributed by atoms with E-state index in [1.165, 1.54) is 11.3 Å². The Morgan fingerprint density at radius 1 is 1.18 bits per heavy atom. The van der Waals surface area contributed by atoms with Crippen LogP contribution >= 0.6 is 11.3 Å². The third kappa shape index (κ3) is 3.80. The van der Waals surface area contributed by atoms with Gasteiger partial charge in [0, 0.05) is 24.5 Å². The van der Waals surface area contributed by atoms with Crippen molar-refractivity contribution in [3.8, 4) is 27.8 Å². The lowest BCUT2D eigenvalue weighted by Gasteiger charge is -2.16. The zero-order valence-electron chi connectivity index (χ0n) is 15.7. The van der Waals surface area contributed by atoms with Crippen molar-refractivity contribution in [2.24, 2.45) is 0 Å². The van der Waals surface area contributed by atoms with Crippen LogP contribution in [0.25, 0.3) is 10.6 Å². The molecule has 0 radical (unpaired) electrons. The summed E-state index contributed by atoms with van der Waals surface area (Å²) >= 11 is 1.45. The fourth-order valence-electron chi connectivity index (χ4n) is 2.95. The summed E-state index contributed by atoms with van der Waals surface area (Å²) in [5.41, 5.74) is 2.38. The molecule has 0 unspecified atom stereocenters. The van der Waals surface area contributed by atoms with Crippen molar-refractivity contribution in [1.82, 2.24) is 9.88 Å². The average molecular weight is 396 g/mol. The molecule has 28 heavy (non-hydrogen) atoms. The van der Waals surface area contributed by atoms with E-state index < -0.39 is 0 Å². The van der Waals surface area contributed by atoms with E-state index in [-0.39, 0.29) is 12.7 Å². The lowest BCUT2D eigenvalue weighted by atomic mass is 10.2. The molecule has 0 fully saturated rings. The summed E-state index contributed by atoms with van der Waals surface area (Å²) in [5, 5.41) is 2.60. The van der Waals surface area contributed by atoms with Gasteiger partial charge in [-0.3, -0.25) is 4.79 Å². The molecule has 144 valence electrons. The van der Waals surface area contributed by atoms with Gasteiger partial charge in [-0.15, -0.1) is 11.3 Å². The Morgan fingerprint density at radius 3 is 2.75 bits per heavy atom. The van der Waals surface area contributed by atoms with Gasteiger partial charge in [0.25, 0.3) is 5.91 Å². The molecule has 2 aromatic carbocycles. The van der Waals surface area contributed by atoms with Gasteiger partial charge in [-0.1, -0.05) is 6.07 Å². The summed E-state index contributed by atoms with van der Waals surface area (Å²) in [6.45, 7) is 3.28. The number of amides is 1. The van der Waals surface area contributed by atoms with Crippen molar-refractivity contribution in [1.29, 1.82) is 0 Å². The Balaban J connectivity index is 1.44. The minimum atomic E-state index is -0.119. The van der Waals surface area contributed by atoms with Crippen LogP contribution < -0.4 is 14.2 Å². The quantitative estimate of drug-likeness (QED) is 0.625. The van der Waals surface area contributed by atoms with Crippen LogP contribution in [0.2, 0.25) is 0 Å². The van der Waals surface area contributed by atoms with Crippen molar-refractivity contribution in [3.63, 3.8) is 0 Å². The van der Waals surface area contributed by atoms with Gasteiger partial charge < -0.3 is 19.1 Å². The molecule has 0 saturated carbocycles. The molecule has 3 aromatic rings. The predicted molar refractivity (Wildman–Crippen MR) is 107 cm³/mol. The van der Waals surface area contributed by atoms with Crippen LogP contribution in [0.3, 0.4) is 0 Å². The third-order valence-corrected chi connectivity index (χ3v) is 5.23. The largest absolute Gasteiger partial charge is 0.494 e. The fourth-order valence-corrected chi connectivity index (χ4v) is 3.75. The molecule has 1 amide bonds. The molecule has 1 aromatic heterocycles. The molecule has 1 aliphatic heterocycles. The van der Waals surface area contributed by atoms with E-state index >= 15 is 0 Å². The number of benzene rings is 2. The monoisotopic (exact) mass is 396 g/mol. The maximum absolute atomic E-state index is 12.8. The number of hydrogen-bond donors (Lipinski definition) is 0. The Kier molecular flexibility index (Phi) is 5.16. The van der Waals surface area contributed by atoms with E-state index in [1.54, 1.807) is 17.3 Å². The molecule has 0 atom stereocenters. The summed E-state index contributed by atoms with van der Waals surface area (Å²) in [4.78, 5) is 18.9. The van der Waals surface area contributed by atoms with Crippen molar-refractivity contribution < 1.29 is 19.0 Å². The minimum Gasteiger partial charge on any atom is -0.494 e. The third-order valence-electron chi connectivity index (χ3n) is 4.34. The smallest absolute Gasteiger partial charge is 0.273 e. The lowest BCUT2D eigenvalue weighted by Crippen LogP contribution is -2.26. The first-order valence-electron chi connectivity index (χ1n) is 8.97. The van der Waals surface area contributed by atoms with E-state index in [9.17, 15) is 4.79 Å². The number of hydrogen-bond acceptors (Lipinski definition) is 6. The van der Waals surface area contributed by atoms with E-state index in [2.05, 4.69) is 4.98 Å². The molecule has 0 N–H and O–H groups in total. The Bertz CT molecular complexity index is 984. The van der Waals surface area contributed by atoms with Crippen LogP contribution in [-0.2, 0) is 6.54 Å². The van der Waals surface area contributed by atoms with Crippen LogP contribution in [0.1, 0.15) is 23.0 Å². The van der Waals surface area contributed by atoms with Crippen LogP contribution in [0.5, 0.6) is 17.2 Å². The highest BCUT2D eigenvalue weighted by atomic mass is 32.1. The van der Waals surface area contributed by atoms with Crippen molar-refractivity contribution in [2.75, 3.05) is 20.4 Å². The average Bonchev–Trinajstić information content (AvgIpc) is 3.37. The standard InChI is InChI=1S/C21H20N2O4S/c1-3-25-16-7-5-15(6-8-16)20-22-17(12-28-20)21(24)23(2)11-14-4-9-18-19(10-14)27-13-26-18/h4-10,12H,3,11,13H2,1-2H3. The van der Waals surface area contributed by atoms with Gasteiger partial charge in [0.2, 0.25) is 6.79 Å². The van der Waals surface area contributed by atoms with Gasteiger partial charge in [0.05, 0.1) is 6.61 Å². The van der Waals surface area contributed by atoms with Gasteiger partial charge in [-0.25, -0.2) is 4.98 Å². The minimum absolute atomic E-state index is 0.119. The first-order chi connectivity index (χ1) is 13.6. The Hall–Kier alpha value is -3.06. The normalized spacial score (nSPS) is 12.1. The Labute approximate surface area is 167 Å². The summed E-state index contributed by atoms with van der Waals surface area (Å²) < 4.78 is 16.2. The second-order valence-corrected chi connectivity index (χ2v) is 7.20. The number of aromatic nitrogens is 1. The topological polar surface area (TPSA) is 60.9 Å². The van der Waals surface area contributed by atoms with Crippen LogP contribution in [0, 0.1) is 0 Å². The predicted octanol–water partition coefficient (Wildman–Crippen LogP) is 4.21. The SMILES string of the molecule is CCOc1ccc(-c2nc(C(=O)N(C)Cc3ccc4c(c3)OCO4)cs2)cc1. The number of carbonyl (C=O) groups is 1. The second-order valence-electron chi connectivity index (χ2n) is 6.34. The van der Waals surface area contributed by atoms with Crippen molar-refractivity contribution >= 4 is 17.2 Å². The maximum Gasteiger partial charge on any atom is 0.273 e. The Morgan fingerprint density at radius 2 is 1.96 bits per heavy atom. The zero-order valence-corrected chi connectivity index (χ0v) is 16.5. The van der Waals surface area contributed by atoms with Crippen LogP contribution in [-0.4, -0.2) is 36.2 Å². The van der Waals surface area contributed by atoms with Crippen LogP contribution in [0.15, 0.2) is 47.8 Å². The highest BCUT2D eigenvalue weighted by molar-refractivity contribution is 7.13. The summed E-state index contributed by atoms with van der Waals surface area (Å²) in [5.74, 6) is 2.15. The second kappa shape index (κ2) is 7.90. The number of fused-ring (bicyclic) bond motifs is 1. The van der Waals surface area contributed by atoms with Gasteiger partial charge in [-0.2, -0.15) is 0 Å². The molecule has 4 rings (SSSR count). The van der Waals surface area contributed by atoms with E-state index in [0.29, 0.717) is 24.6 Å². The molecule has 6 nitrogen and oxygen atoms in total. The molecule has 0 saturated heterocycles. The van der Waals surface area contributed by atoms with E-state index in [0.717, 1.165) is 27.6 Å². The number of ether oxygens (including phenoxy) is 3. The van der Waals surface area contributed by atoms with Gasteiger partial charge in [0.1, 0.15) is 16.5 Å². The van der Waals surface area contributed by atoms with Crippen molar-refractivity contribution in [3.05, 3.63) is 59.1 Å². The van der Waals surface area contributed by atoms with Gasteiger partial charge in [0.15, 0.2) is 11.5 Å². The maximum atomic E-state index is 12.8. The molecule has 0 bridgehead atoms. The van der Waals surface area contributed by atoms with Gasteiger partial charge >= 0.3 is 0 Å². The molecular weight excluding hydrogens is 376 g/mol. The highest BCUT2D eigenvalue weighted by Gasteiger charge is 2.18. The molecule has 0 aliphatic carbocycles. The fraction of sp³-hybridized carbons (Fsp3) is 0.238. The van der Waals surface area contributed by atoms with E-state index in [4.69, 9.17) is 14.2 Å². The molecule has 1 aliphatic rings.